The van der Waals surface area contributed by atoms with Gasteiger partial charge >= 0.3 is 6.09 Å². The quantitative estimate of drug-likeness (QED) is 0.921. The molecule has 0 radical (unpaired) electrons. The van der Waals surface area contributed by atoms with E-state index in [1.807, 2.05) is 20.8 Å². The maximum atomic E-state index is 11.7. The first kappa shape index (κ1) is 17.0. The van der Waals surface area contributed by atoms with E-state index in [4.69, 9.17) is 16.3 Å². The summed E-state index contributed by atoms with van der Waals surface area (Å²) in [6.45, 7) is 7.73. The lowest BCUT2D eigenvalue weighted by Gasteiger charge is -2.25. The van der Waals surface area contributed by atoms with Crippen LogP contribution < -0.4 is 5.32 Å². The van der Waals surface area contributed by atoms with Crippen LogP contribution in [0.15, 0.2) is 12.4 Å². The van der Waals surface area contributed by atoms with E-state index < -0.39 is 5.60 Å². The SMILES string of the molecule is CC(C)(C)OC(=O)NC[C@@H]1CCCN1Cc1nccnc1Cl. The number of likely N-dealkylation sites (tertiary alicyclic amines) is 1. The first-order chi connectivity index (χ1) is 10.3. The Morgan fingerprint density at radius 2 is 2.18 bits per heavy atom. The second-order valence-electron chi connectivity index (χ2n) is 6.44. The molecule has 0 aromatic carbocycles. The number of aromatic nitrogens is 2. The molecule has 1 amide bonds. The molecule has 1 N–H and O–H groups in total. The molecule has 0 aliphatic carbocycles. The third kappa shape index (κ3) is 5.10. The van der Waals surface area contributed by atoms with Gasteiger partial charge in [0.05, 0.1) is 5.69 Å². The van der Waals surface area contributed by atoms with Crippen LogP contribution in [0.1, 0.15) is 39.3 Å². The molecule has 0 saturated carbocycles. The zero-order chi connectivity index (χ0) is 16.2. The number of ether oxygens (including phenoxy) is 1. The largest absolute Gasteiger partial charge is 0.444 e. The van der Waals surface area contributed by atoms with E-state index in [2.05, 4.69) is 20.2 Å². The number of rotatable bonds is 4. The third-order valence-electron chi connectivity index (χ3n) is 3.46. The average Bonchev–Trinajstić information content (AvgIpc) is 2.84. The highest BCUT2D eigenvalue weighted by Gasteiger charge is 2.26. The predicted molar refractivity (Wildman–Crippen MR) is 84.7 cm³/mol. The van der Waals surface area contributed by atoms with E-state index >= 15 is 0 Å². The molecular weight excluding hydrogens is 304 g/mol. The Morgan fingerprint density at radius 3 is 2.86 bits per heavy atom. The van der Waals surface area contributed by atoms with Gasteiger partial charge in [-0.05, 0) is 40.2 Å². The Balaban J connectivity index is 1.86. The molecule has 1 aliphatic rings. The van der Waals surface area contributed by atoms with Crippen molar-refractivity contribution in [3.8, 4) is 0 Å². The van der Waals surface area contributed by atoms with Crippen molar-refractivity contribution in [3.63, 3.8) is 0 Å². The van der Waals surface area contributed by atoms with E-state index in [1.54, 1.807) is 12.4 Å². The highest BCUT2D eigenvalue weighted by atomic mass is 35.5. The highest BCUT2D eigenvalue weighted by Crippen LogP contribution is 2.21. The van der Waals surface area contributed by atoms with Gasteiger partial charge in [-0.2, -0.15) is 0 Å². The number of hydrogen-bond acceptors (Lipinski definition) is 5. The average molecular weight is 327 g/mol. The first-order valence-electron chi connectivity index (χ1n) is 7.51. The van der Waals surface area contributed by atoms with E-state index in [1.165, 1.54) is 0 Å². The first-order valence-corrected chi connectivity index (χ1v) is 7.89. The van der Waals surface area contributed by atoms with Gasteiger partial charge in [-0.3, -0.25) is 9.88 Å². The Morgan fingerprint density at radius 1 is 1.45 bits per heavy atom. The van der Waals surface area contributed by atoms with Gasteiger partial charge in [-0.1, -0.05) is 11.6 Å². The Labute approximate surface area is 136 Å². The number of nitrogens with zero attached hydrogens (tertiary/aromatic N) is 3. The van der Waals surface area contributed by atoms with Gasteiger partial charge in [0, 0.05) is 31.5 Å². The van der Waals surface area contributed by atoms with E-state index in [9.17, 15) is 4.79 Å². The van der Waals surface area contributed by atoms with Crippen LogP contribution in [-0.4, -0.2) is 45.7 Å². The van der Waals surface area contributed by atoms with Gasteiger partial charge in [-0.15, -0.1) is 0 Å². The summed E-state index contributed by atoms with van der Waals surface area (Å²) in [6, 6.07) is 0.269. The smallest absolute Gasteiger partial charge is 0.407 e. The molecule has 1 aliphatic heterocycles. The van der Waals surface area contributed by atoms with Gasteiger partial charge < -0.3 is 10.1 Å². The maximum absolute atomic E-state index is 11.7. The van der Waals surface area contributed by atoms with E-state index in [0.29, 0.717) is 18.2 Å². The van der Waals surface area contributed by atoms with Crippen molar-refractivity contribution >= 4 is 17.7 Å². The lowest BCUT2D eigenvalue weighted by Crippen LogP contribution is -2.41. The summed E-state index contributed by atoms with van der Waals surface area (Å²) in [5.74, 6) is 0. The fourth-order valence-electron chi connectivity index (χ4n) is 2.50. The summed E-state index contributed by atoms with van der Waals surface area (Å²) in [6.07, 6.45) is 4.98. The zero-order valence-corrected chi connectivity index (χ0v) is 14.1. The van der Waals surface area contributed by atoms with Crippen LogP contribution in [0.3, 0.4) is 0 Å². The molecule has 22 heavy (non-hydrogen) atoms. The van der Waals surface area contributed by atoms with Crippen LogP contribution in [0.4, 0.5) is 4.79 Å². The summed E-state index contributed by atoms with van der Waals surface area (Å²) >= 11 is 6.06. The van der Waals surface area contributed by atoms with Gasteiger partial charge in [0.1, 0.15) is 5.60 Å². The fourth-order valence-corrected chi connectivity index (χ4v) is 2.66. The van der Waals surface area contributed by atoms with Crippen LogP contribution >= 0.6 is 11.6 Å². The van der Waals surface area contributed by atoms with Gasteiger partial charge in [0.2, 0.25) is 0 Å². The minimum absolute atomic E-state index is 0.269. The summed E-state index contributed by atoms with van der Waals surface area (Å²) in [5.41, 5.74) is 0.292. The molecule has 0 unspecified atom stereocenters. The fraction of sp³-hybridized carbons (Fsp3) is 0.667. The monoisotopic (exact) mass is 326 g/mol. The number of carbonyl (C=O) groups excluding carboxylic acids is 1. The third-order valence-corrected chi connectivity index (χ3v) is 3.77. The van der Waals surface area contributed by atoms with Crippen LogP contribution in [0.25, 0.3) is 0 Å². The van der Waals surface area contributed by atoms with Crippen molar-refractivity contribution in [2.45, 2.75) is 51.8 Å². The molecule has 2 rings (SSSR count). The van der Waals surface area contributed by atoms with Crippen molar-refractivity contribution in [2.24, 2.45) is 0 Å². The number of alkyl carbamates (subject to hydrolysis) is 1. The van der Waals surface area contributed by atoms with E-state index in [-0.39, 0.29) is 12.1 Å². The number of amides is 1. The number of halogens is 1. The summed E-state index contributed by atoms with van der Waals surface area (Å²) < 4.78 is 5.26. The minimum Gasteiger partial charge on any atom is -0.444 e. The molecule has 6 nitrogen and oxygen atoms in total. The van der Waals surface area contributed by atoms with E-state index in [0.717, 1.165) is 25.1 Å². The van der Waals surface area contributed by atoms with Gasteiger partial charge in [0.25, 0.3) is 0 Å². The van der Waals surface area contributed by atoms with Crippen LogP contribution in [-0.2, 0) is 11.3 Å². The van der Waals surface area contributed by atoms with Crippen molar-refractivity contribution in [2.75, 3.05) is 13.1 Å². The lowest BCUT2D eigenvalue weighted by molar-refractivity contribution is 0.0512. The number of carbonyl (C=O) groups is 1. The van der Waals surface area contributed by atoms with Crippen LogP contribution in [0.2, 0.25) is 5.15 Å². The second kappa shape index (κ2) is 7.24. The Kier molecular flexibility index (Phi) is 5.58. The standard InChI is InChI=1S/C15H23ClN4O2/c1-15(2,3)22-14(21)19-9-11-5-4-8-20(11)10-12-13(16)18-7-6-17-12/h6-7,11H,4-5,8-10H2,1-3H3,(H,19,21)/t11-/m0/s1. The molecule has 1 aromatic rings. The number of hydrogen-bond donors (Lipinski definition) is 1. The summed E-state index contributed by atoms with van der Waals surface area (Å²) in [7, 11) is 0. The van der Waals surface area contributed by atoms with Crippen molar-refractivity contribution in [1.82, 2.24) is 20.2 Å². The molecule has 2 heterocycles. The zero-order valence-electron chi connectivity index (χ0n) is 13.3. The highest BCUT2D eigenvalue weighted by molar-refractivity contribution is 6.29. The Hall–Kier alpha value is -1.40. The molecule has 1 aromatic heterocycles. The van der Waals surface area contributed by atoms with Gasteiger partial charge in [-0.25, -0.2) is 9.78 Å². The topological polar surface area (TPSA) is 67.3 Å². The molecule has 7 heteroatoms. The lowest BCUT2D eigenvalue weighted by atomic mass is 10.2. The van der Waals surface area contributed by atoms with Crippen molar-refractivity contribution in [3.05, 3.63) is 23.2 Å². The number of nitrogens with one attached hydrogen (secondary N) is 1. The predicted octanol–water partition coefficient (Wildman–Crippen LogP) is 2.62. The second-order valence-corrected chi connectivity index (χ2v) is 6.80. The molecule has 122 valence electrons. The molecular formula is C15H23ClN4O2. The normalized spacial score (nSPS) is 19.2. The molecule has 1 saturated heterocycles. The maximum Gasteiger partial charge on any atom is 0.407 e. The summed E-state index contributed by atoms with van der Waals surface area (Å²) in [4.78, 5) is 22.3. The van der Waals surface area contributed by atoms with Crippen molar-refractivity contribution < 1.29 is 9.53 Å². The molecule has 1 atom stereocenters. The van der Waals surface area contributed by atoms with Gasteiger partial charge in [0.15, 0.2) is 5.15 Å². The van der Waals surface area contributed by atoms with Crippen LogP contribution in [0, 0.1) is 0 Å². The Bertz CT molecular complexity index is 519. The summed E-state index contributed by atoms with van der Waals surface area (Å²) in [5, 5.41) is 3.28. The van der Waals surface area contributed by atoms with Crippen LogP contribution in [0.5, 0.6) is 0 Å². The molecule has 0 spiro atoms. The minimum atomic E-state index is -0.480. The molecule has 0 bridgehead atoms. The molecule has 1 fully saturated rings. The van der Waals surface area contributed by atoms with Crippen molar-refractivity contribution in [1.29, 1.82) is 0 Å².